The summed E-state index contributed by atoms with van der Waals surface area (Å²) in [5, 5.41) is 3.39. The van der Waals surface area contributed by atoms with Crippen molar-refractivity contribution in [3.63, 3.8) is 0 Å². The summed E-state index contributed by atoms with van der Waals surface area (Å²) in [6.45, 7) is 1.39. The Kier molecular flexibility index (Phi) is 6.96. The summed E-state index contributed by atoms with van der Waals surface area (Å²) in [5.41, 5.74) is 1.76. The molecule has 0 spiro atoms. The number of carbonyl (C=O) groups is 1. The second-order valence-electron chi connectivity index (χ2n) is 7.09. The molecule has 30 heavy (non-hydrogen) atoms. The third kappa shape index (κ3) is 4.92. The van der Waals surface area contributed by atoms with E-state index in [2.05, 4.69) is 15.3 Å². The molecule has 0 atom stereocenters. The number of hydrogen-bond acceptors (Lipinski definition) is 6. The van der Waals surface area contributed by atoms with Gasteiger partial charge in [0.2, 0.25) is 0 Å². The Balaban J connectivity index is 1.79. The van der Waals surface area contributed by atoms with E-state index in [1.54, 1.807) is 31.5 Å². The van der Waals surface area contributed by atoms with Crippen LogP contribution in [0.2, 0.25) is 0 Å². The van der Waals surface area contributed by atoms with Crippen molar-refractivity contribution in [1.82, 2.24) is 19.9 Å². The summed E-state index contributed by atoms with van der Waals surface area (Å²) in [7, 11) is 5.44. The van der Waals surface area contributed by atoms with Crippen LogP contribution in [-0.4, -0.2) is 48.3 Å². The lowest BCUT2D eigenvalue weighted by molar-refractivity contribution is 0.0951. The van der Waals surface area contributed by atoms with E-state index in [0.29, 0.717) is 47.4 Å². The van der Waals surface area contributed by atoms with Gasteiger partial charge in [0.1, 0.15) is 5.82 Å². The quantitative estimate of drug-likeness (QED) is 0.424. The number of fused-ring (bicyclic) bond motifs is 1. The number of H-pyrrole nitrogens is 1. The molecule has 0 saturated carbocycles. The highest BCUT2D eigenvalue weighted by Crippen LogP contribution is 2.13. The first-order valence-corrected chi connectivity index (χ1v) is 9.98. The van der Waals surface area contributed by atoms with E-state index >= 15 is 0 Å². The lowest BCUT2D eigenvalue weighted by Gasteiger charge is -2.13. The molecule has 1 amide bonds. The lowest BCUT2D eigenvalue weighted by atomic mass is 10.1. The number of benzene rings is 1. The van der Waals surface area contributed by atoms with Gasteiger partial charge in [-0.15, -0.1) is 0 Å². The number of aromatic amines is 1. The number of rotatable bonds is 8. The van der Waals surface area contributed by atoms with Crippen LogP contribution < -0.4 is 15.8 Å². The van der Waals surface area contributed by atoms with Gasteiger partial charge in [0.15, 0.2) is 4.77 Å². The number of hydrogen-bond donors (Lipinski definition) is 2. The van der Waals surface area contributed by atoms with Crippen molar-refractivity contribution in [2.24, 2.45) is 0 Å². The van der Waals surface area contributed by atoms with Crippen LogP contribution in [0.3, 0.4) is 0 Å². The van der Waals surface area contributed by atoms with Crippen LogP contribution in [0.1, 0.15) is 22.3 Å². The second-order valence-corrected chi connectivity index (χ2v) is 7.48. The SMILES string of the molecule is COCCCn1c(=S)[nH]c2cc(C(=O)NCc3ccnc(N(C)C)c3)ccc2c1=O. The van der Waals surface area contributed by atoms with Crippen molar-refractivity contribution >= 4 is 34.8 Å². The van der Waals surface area contributed by atoms with E-state index in [1.807, 2.05) is 31.1 Å². The molecule has 0 unspecified atom stereocenters. The molecule has 158 valence electrons. The van der Waals surface area contributed by atoms with Gasteiger partial charge in [-0.2, -0.15) is 0 Å². The van der Waals surface area contributed by atoms with Crippen molar-refractivity contribution < 1.29 is 9.53 Å². The molecular formula is C21H25N5O3S. The number of aromatic nitrogens is 3. The molecule has 3 rings (SSSR count). The second kappa shape index (κ2) is 9.64. The Morgan fingerprint density at radius 1 is 1.30 bits per heavy atom. The van der Waals surface area contributed by atoms with Crippen molar-refractivity contribution in [2.45, 2.75) is 19.5 Å². The molecule has 0 fully saturated rings. The van der Waals surface area contributed by atoms with Crippen molar-refractivity contribution in [2.75, 3.05) is 32.7 Å². The van der Waals surface area contributed by atoms with Crippen molar-refractivity contribution in [3.8, 4) is 0 Å². The Morgan fingerprint density at radius 2 is 2.10 bits per heavy atom. The summed E-state index contributed by atoms with van der Waals surface area (Å²) >= 11 is 5.33. The van der Waals surface area contributed by atoms with Crippen LogP contribution in [-0.2, 0) is 17.8 Å². The third-order valence-electron chi connectivity index (χ3n) is 4.70. The number of ether oxygens (including phenoxy) is 1. The summed E-state index contributed by atoms with van der Waals surface area (Å²) in [6, 6.07) is 8.73. The monoisotopic (exact) mass is 427 g/mol. The Bertz CT molecular complexity index is 1170. The fraction of sp³-hybridized carbons (Fsp3) is 0.333. The topological polar surface area (TPSA) is 92.2 Å². The molecular weight excluding hydrogens is 402 g/mol. The maximum Gasteiger partial charge on any atom is 0.262 e. The zero-order valence-corrected chi connectivity index (χ0v) is 18.1. The Morgan fingerprint density at radius 3 is 2.83 bits per heavy atom. The number of methoxy groups -OCH3 is 1. The minimum Gasteiger partial charge on any atom is -0.385 e. The highest BCUT2D eigenvalue weighted by molar-refractivity contribution is 7.71. The van der Waals surface area contributed by atoms with E-state index in [0.717, 1.165) is 11.4 Å². The molecule has 2 aromatic heterocycles. The largest absolute Gasteiger partial charge is 0.385 e. The molecule has 0 saturated heterocycles. The average Bonchev–Trinajstić information content (AvgIpc) is 2.74. The van der Waals surface area contributed by atoms with Crippen LogP contribution in [0.4, 0.5) is 5.82 Å². The van der Waals surface area contributed by atoms with Crippen molar-refractivity contribution in [1.29, 1.82) is 0 Å². The molecule has 9 heteroatoms. The van der Waals surface area contributed by atoms with Crippen LogP contribution in [0.5, 0.6) is 0 Å². The summed E-state index contributed by atoms with van der Waals surface area (Å²) in [4.78, 5) is 34.6. The van der Waals surface area contributed by atoms with Gasteiger partial charge in [-0.1, -0.05) is 0 Å². The molecule has 0 aliphatic heterocycles. The summed E-state index contributed by atoms with van der Waals surface area (Å²) in [6.07, 6.45) is 2.40. The van der Waals surface area contributed by atoms with E-state index in [9.17, 15) is 9.59 Å². The fourth-order valence-corrected chi connectivity index (χ4v) is 3.35. The van der Waals surface area contributed by atoms with Gasteiger partial charge in [-0.3, -0.25) is 14.2 Å². The predicted molar refractivity (Wildman–Crippen MR) is 120 cm³/mol. The molecule has 8 nitrogen and oxygen atoms in total. The van der Waals surface area contributed by atoms with Gasteiger partial charge < -0.3 is 19.9 Å². The summed E-state index contributed by atoms with van der Waals surface area (Å²) in [5.74, 6) is 0.588. The fourth-order valence-electron chi connectivity index (χ4n) is 3.07. The molecule has 1 aromatic carbocycles. The first kappa shape index (κ1) is 21.7. The molecule has 0 bridgehead atoms. The molecule has 0 aliphatic carbocycles. The van der Waals surface area contributed by atoms with Gasteiger partial charge in [0, 0.05) is 52.7 Å². The highest BCUT2D eigenvalue weighted by Gasteiger charge is 2.11. The van der Waals surface area contributed by atoms with Gasteiger partial charge in [-0.25, -0.2) is 4.98 Å². The molecule has 2 N–H and O–H groups in total. The number of nitrogens with zero attached hydrogens (tertiary/aromatic N) is 3. The van der Waals surface area contributed by atoms with E-state index < -0.39 is 0 Å². The maximum atomic E-state index is 12.7. The number of anilines is 1. The number of pyridine rings is 1. The third-order valence-corrected chi connectivity index (χ3v) is 5.02. The molecule has 0 radical (unpaired) electrons. The number of nitrogens with one attached hydrogen (secondary N) is 2. The molecule has 0 aliphatic rings. The van der Waals surface area contributed by atoms with Crippen LogP contribution >= 0.6 is 12.2 Å². The first-order valence-electron chi connectivity index (χ1n) is 9.57. The van der Waals surface area contributed by atoms with E-state index in [1.165, 1.54) is 4.57 Å². The zero-order chi connectivity index (χ0) is 21.7. The summed E-state index contributed by atoms with van der Waals surface area (Å²) < 4.78 is 6.88. The standard InChI is InChI=1S/C21H25N5O3S/c1-25(2)18-11-14(7-8-22-18)13-23-19(27)15-5-6-16-17(12-15)24-21(30)26(20(16)28)9-4-10-29-3/h5-8,11-12H,4,9-10,13H2,1-3H3,(H,23,27)(H,24,30). The van der Waals surface area contributed by atoms with Crippen LogP contribution in [0.15, 0.2) is 41.3 Å². The van der Waals surface area contributed by atoms with Gasteiger partial charge in [-0.05, 0) is 54.5 Å². The van der Waals surface area contributed by atoms with Crippen molar-refractivity contribution in [3.05, 3.63) is 62.8 Å². The van der Waals surface area contributed by atoms with Gasteiger partial charge >= 0.3 is 0 Å². The number of carbonyl (C=O) groups excluding carboxylic acids is 1. The smallest absolute Gasteiger partial charge is 0.262 e. The molecule has 3 aromatic rings. The minimum atomic E-state index is -0.233. The van der Waals surface area contributed by atoms with E-state index in [-0.39, 0.29) is 11.5 Å². The maximum absolute atomic E-state index is 12.7. The highest BCUT2D eigenvalue weighted by atomic mass is 32.1. The normalized spacial score (nSPS) is 10.9. The predicted octanol–water partition coefficient (Wildman–Crippen LogP) is 2.49. The van der Waals surface area contributed by atoms with Crippen LogP contribution in [0, 0.1) is 4.77 Å². The van der Waals surface area contributed by atoms with E-state index in [4.69, 9.17) is 17.0 Å². The Labute approximate surface area is 179 Å². The molecule has 2 heterocycles. The number of amides is 1. The minimum absolute atomic E-state index is 0.176. The lowest BCUT2D eigenvalue weighted by Crippen LogP contribution is -2.25. The zero-order valence-electron chi connectivity index (χ0n) is 17.3. The Hall–Kier alpha value is -3.04. The van der Waals surface area contributed by atoms with Gasteiger partial charge in [0.05, 0.1) is 10.9 Å². The van der Waals surface area contributed by atoms with Crippen LogP contribution in [0.25, 0.3) is 10.9 Å². The van der Waals surface area contributed by atoms with Gasteiger partial charge in [0.25, 0.3) is 11.5 Å². The average molecular weight is 428 g/mol. The first-order chi connectivity index (χ1) is 14.4.